The third-order valence-corrected chi connectivity index (χ3v) is 2.75. The lowest BCUT2D eigenvalue weighted by Crippen LogP contribution is -2.13. The summed E-state index contributed by atoms with van der Waals surface area (Å²) in [5.41, 5.74) is 0.689. The summed E-state index contributed by atoms with van der Waals surface area (Å²) < 4.78 is 3.73. The molecule has 0 spiro atoms. The second kappa shape index (κ2) is 2.52. The molecule has 0 bridgehead atoms. The maximum atomic E-state index is 10.5. The summed E-state index contributed by atoms with van der Waals surface area (Å²) in [4.78, 5) is 10.5. The number of carboxylic acid groups (broad SMARTS) is 1. The van der Waals surface area contributed by atoms with Crippen molar-refractivity contribution in [1.82, 2.24) is 9.59 Å². The minimum absolute atomic E-state index is 0.168. The topological polar surface area (TPSA) is 63.1 Å². The van der Waals surface area contributed by atoms with Gasteiger partial charge in [0, 0.05) is 10.8 Å². The van der Waals surface area contributed by atoms with Crippen LogP contribution < -0.4 is 0 Å². The predicted octanol–water partition coefficient (Wildman–Crippen LogP) is 1.04. The Morgan fingerprint density at radius 1 is 1.75 bits per heavy atom. The standard InChI is InChI=1S/C7H8N2O2S/c10-6(11)3-7(1-2-7)5-4-12-9-8-5/h4H,1-3H2,(H,10,11). The minimum Gasteiger partial charge on any atom is -0.481 e. The Morgan fingerprint density at radius 2 is 2.50 bits per heavy atom. The number of nitrogens with zero attached hydrogens (tertiary/aromatic N) is 2. The SMILES string of the molecule is O=C(O)CC1(c2csnn2)CC1. The van der Waals surface area contributed by atoms with E-state index in [1.165, 1.54) is 11.5 Å². The van der Waals surface area contributed by atoms with Crippen LogP contribution in [-0.4, -0.2) is 20.7 Å². The van der Waals surface area contributed by atoms with Gasteiger partial charge in [-0.1, -0.05) is 4.49 Å². The van der Waals surface area contributed by atoms with E-state index in [2.05, 4.69) is 9.59 Å². The van der Waals surface area contributed by atoms with Gasteiger partial charge in [-0.15, -0.1) is 5.10 Å². The number of hydrogen-bond donors (Lipinski definition) is 1. The van der Waals surface area contributed by atoms with Crippen LogP contribution in [0.1, 0.15) is 25.0 Å². The van der Waals surface area contributed by atoms with Gasteiger partial charge in [0.1, 0.15) is 0 Å². The van der Waals surface area contributed by atoms with Gasteiger partial charge in [-0.05, 0) is 24.4 Å². The zero-order chi connectivity index (χ0) is 8.60. The van der Waals surface area contributed by atoms with Crippen molar-refractivity contribution in [1.29, 1.82) is 0 Å². The van der Waals surface area contributed by atoms with E-state index in [1.54, 1.807) is 0 Å². The molecule has 1 saturated carbocycles. The highest BCUT2D eigenvalue weighted by Crippen LogP contribution is 2.50. The summed E-state index contributed by atoms with van der Waals surface area (Å²) in [7, 11) is 0. The number of hydrogen-bond acceptors (Lipinski definition) is 4. The van der Waals surface area contributed by atoms with E-state index in [-0.39, 0.29) is 11.8 Å². The van der Waals surface area contributed by atoms with Gasteiger partial charge in [0.15, 0.2) is 0 Å². The summed E-state index contributed by atoms with van der Waals surface area (Å²) in [5, 5.41) is 14.4. The lowest BCUT2D eigenvalue weighted by Gasteiger charge is -2.06. The van der Waals surface area contributed by atoms with E-state index in [1.807, 2.05) is 5.38 Å². The minimum atomic E-state index is -0.750. The lowest BCUT2D eigenvalue weighted by molar-refractivity contribution is -0.137. The zero-order valence-corrected chi connectivity index (χ0v) is 7.17. The summed E-state index contributed by atoms with van der Waals surface area (Å²) in [5.74, 6) is -0.750. The van der Waals surface area contributed by atoms with Crippen LogP contribution in [0.15, 0.2) is 5.38 Å². The second-order valence-electron chi connectivity index (χ2n) is 3.14. The molecular weight excluding hydrogens is 176 g/mol. The summed E-state index contributed by atoms with van der Waals surface area (Å²) in [6.45, 7) is 0. The van der Waals surface area contributed by atoms with Gasteiger partial charge in [-0.25, -0.2) is 0 Å². The fraction of sp³-hybridized carbons (Fsp3) is 0.571. The Balaban J connectivity index is 2.17. The van der Waals surface area contributed by atoms with Crippen LogP contribution in [0, 0.1) is 0 Å². The number of rotatable bonds is 3. The molecule has 1 fully saturated rings. The highest BCUT2D eigenvalue weighted by atomic mass is 32.1. The van der Waals surface area contributed by atoms with Crippen LogP contribution in [0.5, 0.6) is 0 Å². The number of carboxylic acids is 1. The van der Waals surface area contributed by atoms with Gasteiger partial charge in [0.2, 0.25) is 0 Å². The summed E-state index contributed by atoms with van der Waals surface area (Å²) >= 11 is 1.28. The van der Waals surface area contributed by atoms with Crippen molar-refractivity contribution in [2.45, 2.75) is 24.7 Å². The molecule has 0 saturated heterocycles. The Hall–Kier alpha value is -0.970. The molecule has 0 aromatic carbocycles. The molecule has 5 heteroatoms. The predicted molar refractivity (Wildman–Crippen MR) is 43.1 cm³/mol. The highest BCUT2D eigenvalue weighted by molar-refractivity contribution is 7.03. The van der Waals surface area contributed by atoms with Crippen molar-refractivity contribution in [2.75, 3.05) is 0 Å². The molecule has 1 aliphatic rings. The number of carbonyl (C=O) groups is 1. The normalized spacial score (nSPS) is 19.0. The van der Waals surface area contributed by atoms with Gasteiger partial charge < -0.3 is 5.11 Å². The van der Waals surface area contributed by atoms with E-state index < -0.39 is 5.97 Å². The van der Waals surface area contributed by atoms with Crippen molar-refractivity contribution in [3.05, 3.63) is 11.1 Å². The molecule has 0 radical (unpaired) electrons. The van der Waals surface area contributed by atoms with Crippen LogP contribution in [-0.2, 0) is 10.2 Å². The smallest absolute Gasteiger partial charge is 0.304 e. The van der Waals surface area contributed by atoms with Gasteiger partial charge in [-0.3, -0.25) is 4.79 Å². The molecular formula is C7H8N2O2S. The molecule has 1 aliphatic carbocycles. The molecule has 4 nitrogen and oxygen atoms in total. The first kappa shape index (κ1) is 7.67. The van der Waals surface area contributed by atoms with Gasteiger partial charge >= 0.3 is 5.97 Å². The third kappa shape index (κ3) is 1.20. The van der Waals surface area contributed by atoms with Crippen molar-refractivity contribution >= 4 is 17.5 Å². The zero-order valence-electron chi connectivity index (χ0n) is 6.36. The Morgan fingerprint density at radius 3 is 2.92 bits per heavy atom. The number of aromatic nitrogens is 2. The van der Waals surface area contributed by atoms with Crippen LogP contribution in [0.3, 0.4) is 0 Å². The average Bonchev–Trinajstić information content (AvgIpc) is 2.61. The monoisotopic (exact) mass is 184 g/mol. The van der Waals surface area contributed by atoms with Crippen LogP contribution >= 0.6 is 11.5 Å². The van der Waals surface area contributed by atoms with E-state index in [0.717, 1.165) is 18.5 Å². The van der Waals surface area contributed by atoms with Gasteiger partial charge in [0.05, 0.1) is 12.1 Å². The van der Waals surface area contributed by atoms with Gasteiger partial charge in [-0.2, -0.15) is 0 Å². The highest BCUT2D eigenvalue weighted by Gasteiger charge is 2.47. The fourth-order valence-corrected chi connectivity index (χ4v) is 1.94. The molecule has 64 valence electrons. The Labute approximate surface area is 73.4 Å². The lowest BCUT2D eigenvalue weighted by atomic mass is 10.00. The molecule has 0 unspecified atom stereocenters. The molecule has 0 atom stereocenters. The molecule has 1 N–H and O–H groups in total. The molecule has 1 aromatic rings. The first-order chi connectivity index (χ1) is 5.73. The Kier molecular flexibility index (Phi) is 1.61. The summed E-state index contributed by atoms with van der Waals surface area (Å²) in [6.07, 6.45) is 2.06. The largest absolute Gasteiger partial charge is 0.481 e. The van der Waals surface area contributed by atoms with Crippen molar-refractivity contribution in [2.24, 2.45) is 0 Å². The molecule has 0 amide bonds. The van der Waals surface area contributed by atoms with Crippen LogP contribution in [0.2, 0.25) is 0 Å². The van der Waals surface area contributed by atoms with E-state index in [9.17, 15) is 4.79 Å². The van der Waals surface area contributed by atoms with Crippen molar-refractivity contribution in [3.8, 4) is 0 Å². The number of aliphatic carboxylic acids is 1. The van der Waals surface area contributed by atoms with Crippen LogP contribution in [0.4, 0.5) is 0 Å². The third-order valence-electron chi connectivity index (χ3n) is 2.25. The first-order valence-electron chi connectivity index (χ1n) is 3.72. The van der Waals surface area contributed by atoms with E-state index in [0.29, 0.717) is 0 Å². The molecule has 1 aromatic heterocycles. The fourth-order valence-electron chi connectivity index (χ4n) is 1.36. The Bertz CT molecular complexity index is 292. The van der Waals surface area contributed by atoms with Gasteiger partial charge in [0.25, 0.3) is 0 Å². The molecule has 12 heavy (non-hydrogen) atoms. The maximum Gasteiger partial charge on any atom is 0.304 e. The van der Waals surface area contributed by atoms with E-state index >= 15 is 0 Å². The van der Waals surface area contributed by atoms with Crippen LogP contribution in [0.25, 0.3) is 0 Å². The second-order valence-corrected chi connectivity index (χ2v) is 3.75. The van der Waals surface area contributed by atoms with Crippen molar-refractivity contribution in [3.63, 3.8) is 0 Å². The van der Waals surface area contributed by atoms with Crippen molar-refractivity contribution < 1.29 is 9.90 Å². The molecule has 1 heterocycles. The molecule has 0 aliphatic heterocycles. The maximum absolute atomic E-state index is 10.5. The summed E-state index contributed by atoms with van der Waals surface area (Å²) in [6, 6.07) is 0. The first-order valence-corrected chi connectivity index (χ1v) is 4.56. The quantitative estimate of drug-likeness (QED) is 0.762. The molecule has 2 rings (SSSR count). The average molecular weight is 184 g/mol. The van der Waals surface area contributed by atoms with E-state index in [4.69, 9.17) is 5.11 Å².